The number of nitrogens with zero attached hydrogens (tertiary/aromatic N) is 1. The van der Waals surface area contributed by atoms with Gasteiger partial charge in [0.05, 0.1) is 13.2 Å². The molecule has 0 spiro atoms. The quantitative estimate of drug-likeness (QED) is 0.862. The molecule has 4 heteroatoms. The van der Waals surface area contributed by atoms with Gasteiger partial charge in [-0.1, -0.05) is 17.7 Å². The summed E-state index contributed by atoms with van der Waals surface area (Å²) in [6.45, 7) is 6.05. The third-order valence-corrected chi connectivity index (χ3v) is 3.39. The van der Waals surface area contributed by atoms with Crippen molar-refractivity contribution in [1.82, 2.24) is 10.2 Å². The smallest absolute Gasteiger partial charge is 0.220 e. The van der Waals surface area contributed by atoms with E-state index in [0.29, 0.717) is 0 Å². The predicted octanol–water partition coefficient (Wildman–Crippen LogP) is 1.50. The van der Waals surface area contributed by atoms with Crippen LogP contribution in [-0.4, -0.2) is 37.6 Å². The molecule has 1 aromatic carbocycles. The number of methoxy groups -OCH3 is 1. The van der Waals surface area contributed by atoms with Crippen LogP contribution in [0.3, 0.4) is 0 Å². The van der Waals surface area contributed by atoms with E-state index in [1.54, 1.807) is 14.0 Å². The molecule has 1 N–H and O–H groups in total. The second kappa shape index (κ2) is 5.40. The van der Waals surface area contributed by atoms with E-state index >= 15 is 0 Å². The Labute approximate surface area is 108 Å². The Balaban J connectivity index is 2.38. The van der Waals surface area contributed by atoms with Crippen molar-refractivity contribution < 1.29 is 9.53 Å². The molecule has 0 bridgehead atoms. The Bertz CT molecular complexity index is 445. The van der Waals surface area contributed by atoms with Crippen LogP contribution in [0.25, 0.3) is 0 Å². The number of carbonyl (C=O) groups excluding carboxylic acids is 1. The lowest BCUT2D eigenvalue weighted by Gasteiger charge is -2.36. The average Bonchev–Trinajstić information content (AvgIpc) is 2.38. The summed E-state index contributed by atoms with van der Waals surface area (Å²) < 4.78 is 5.42. The molecule has 0 aliphatic carbocycles. The number of rotatable bonds is 2. The molecule has 1 aromatic rings. The predicted molar refractivity (Wildman–Crippen MR) is 70.7 cm³/mol. The standard InChI is InChI=1S/C14H20N2O2/c1-10-4-5-14(18-3)12(8-10)13-9-15-6-7-16(13)11(2)17/h4-5,8,13,15H,6-7,9H2,1-3H3. The number of benzene rings is 1. The van der Waals surface area contributed by atoms with E-state index in [9.17, 15) is 4.79 Å². The van der Waals surface area contributed by atoms with Crippen molar-refractivity contribution in [2.24, 2.45) is 0 Å². The number of carbonyl (C=O) groups is 1. The fourth-order valence-corrected chi connectivity index (χ4v) is 2.47. The second-order valence-electron chi connectivity index (χ2n) is 4.68. The Morgan fingerprint density at radius 3 is 2.94 bits per heavy atom. The third-order valence-electron chi connectivity index (χ3n) is 3.39. The minimum Gasteiger partial charge on any atom is -0.496 e. The molecule has 1 aliphatic heterocycles. The monoisotopic (exact) mass is 248 g/mol. The number of aryl methyl sites for hydroxylation is 1. The minimum absolute atomic E-state index is 0.0612. The summed E-state index contributed by atoms with van der Waals surface area (Å²) >= 11 is 0. The van der Waals surface area contributed by atoms with Gasteiger partial charge in [0.15, 0.2) is 0 Å². The molecule has 1 aliphatic rings. The fourth-order valence-electron chi connectivity index (χ4n) is 2.47. The highest BCUT2D eigenvalue weighted by Gasteiger charge is 2.27. The molecule has 1 saturated heterocycles. The average molecular weight is 248 g/mol. The van der Waals surface area contributed by atoms with E-state index in [4.69, 9.17) is 4.74 Å². The summed E-state index contributed by atoms with van der Waals surface area (Å²) in [7, 11) is 1.67. The second-order valence-corrected chi connectivity index (χ2v) is 4.68. The van der Waals surface area contributed by atoms with E-state index in [1.165, 1.54) is 5.56 Å². The zero-order valence-corrected chi connectivity index (χ0v) is 11.2. The topological polar surface area (TPSA) is 41.6 Å². The van der Waals surface area contributed by atoms with Crippen molar-refractivity contribution in [3.05, 3.63) is 29.3 Å². The van der Waals surface area contributed by atoms with Gasteiger partial charge in [-0.3, -0.25) is 4.79 Å². The Kier molecular flexibility index (Phi) is 3.87. The Morgan fingerprint density at radius 2 is 2.28 bits per heavy atom. The van der Waals surface area contributed by atoms with Crippen molar-refractivity contribution in [1.29, 1.82) is 0 Å². The van der Waals surface area contributed by atoms with Gasteiger partial charge in [0.2, 0.25) is 5.91 Å². The summed E-state index contributed by atoms with van der Waals surface area (Å²) in [5, 5.41) is 3.34. The summed E-state index contributed by atoms with van der Waals surface area (Å²) in [6.07, 6.45) is 0. The zero-order valence-electron chi connectivity index (χ0n) is 11.2. The van der Waals surface area contributed by atoms with Crippen LogP contribution in [0.2, 0.25) is 0 Å². The number of hydrogen-bond donors (Lipinski definition) is 1. The fraction of sp³-hybridized carbons (Fsp3) is 0.500. The van der Waals surface area contributed by atoms with Crippen molar-refractivity contribution in [2.75, 3.05) is 26.7 Å². The van der Waals surface area contributed by atoms with Gasteiger partial charge in [-0.05, 0) is 13.0 Å². The molecule has 2 rings (SSSR count). The summed E-state index contributed by atoms with van der Waals surface area (Å²) in [5.41, 5.74) is 2.26. The van der Waals surface area contributed by atoms with Gasteiger partial charge < -0.3 is 15.0 Å². The first-order valence-electron chi connectivity index (χ1n) is 6.26. The lowest BCUT2D eigenvalue weighted by molar-refractivity contribution is -0.132. The Hall–Kier alpha value is -1.55. The number of nitrogens with one attached hydrogen (secondary N) is 1. The maximum absolute atomic E-state index is 11.7. The van der Waals surface area contributed by atoms with Crippen LogP contribution in [0.5, 0.6) is 5.75 Å². The van der Waals surface area contributed by atoms with Crippen LogP contribution in [0, 0.1) is 6.92 Å². The maximum atomic E-state index is 11.7. The molecule has 1 atom stereocenters. The number of ether oxygens (including phenoxy) is 1. The SMILES string of the molecule is COc1ccc(C)cc1C1CNCCN1C(C)=O. The van der Waals surface area contributed by atoms with Crippen LogP contribution in [0.15, 0.2) is 18.2 Å². The number of piperazine rings is 1. The number of amides is 1. The van der Waals surface area contributed by atoms with Gasteiger partial charge in [0.1, 0.15) is 5.75 Å². The van der Waals surface area contributed by atoms with Crippen molar-refractivity contribution >= 4 is 5.91 Å². The molecule has 1 fully saturated rings. The zero-order chi connectivity index (χ0) is 13.1. The lowest BCUT2D eigenvalue weighted by atomic mass is 10.00. The van der Waals surface area contributed by atoms with Crippen molar-refractivity contribution in [3.8, 4) is 5.75 Å². The van der Waals surface area contributed by atoms with Gasteiger partial charge in [0, 0.05) is 32.1 Å². The first-order chi connectivity index (χ1) is 8.63. The van der Waals surface area contributed by atoms with Gasteiger partial charge in [-0.2, -0.15) is 0 Å². The molecule has 98 valence electrons. The molecular formula is C14H20N2O2. The van der Waals surface area contributed by atoms with Gasteiger partial charge in [-0.15, -0.1) is 0 Å². The van der Waals surface area contributed by atoms with E-state index in [2.05, 4.69) is 18.3 Å². The van der Waals surface area contributed by atoms with Crippen LogP contribution in [-0.2, 0) is 4.79 Å². The van der Waals surface area contributed by atoms with Crippen molar-refractivity contribution in [2.45, 2.75) is 19.9 Å². The lowest BCUT2D eigenvalue weighted by Crippen LogP contribution is -2.48. The van der Waals surface area contributed by atoms with Crippen LogP contribution >= 0.6 is 0 Å². The Morgan fingerprint density at radius 1 is 1.50 bits per heavy atom. The summed E-state index contributed by atoms with van der Waals surface area (Å²) in [4.78, 5) is 13.6. The minimum atomic E-state index is 0.0612. The number of hydrogen-bond acceptors (Lipinski definition) is 3. The van der Waals surface area contributed by atoms with Crippen LogP contribution in [0.4, 0.5) is 0 Å². The van der Waals surface area contributed by atoms with Crippen molar-refractivity contribution in [3.63, 3.8) is 0 Å². The molecular weight excluding hydrogens is 228 g/mol. The van der Waals surface area contributed by atoms with Crippen LogP contribution < -0.4 is 10.1 Å². The third kappa shape index (κ3) is 2.48. The van der Waals surface area contributed by atoms with E-state index in [0.717, 1.165) is 30.9 Å². The van der Waals surface area contributed by atoms with E-state index < -0.39 is 0 Å². The summed E-state index contributed by atoms with van der Waals surface area (Å²) in [6, 6.07) is 6.16. The molecule has 0 aromatic heterocycles. The highest BCUT2D eigenvalue weighted by Crippen LogP contribution is 2.31. The van der Waals surface area contributed by atoms with E-state index in [1.807, 2.05) is 17.0 Å². The van der Waals surface area contributed by atoms with Gasteiger partial charge >= 0.3 is 0 Å². The molecule has 1 heterocycles. The molecule has 0 saturated carbocycles. The first kappa shape index (κ1) is 12.9. The highest BCUT2D eigenvalue weighted by atomic mass is 16.5. The molecule has 1 unspecified atom stereocenters. The van der Waals surface area contributed by atoms with Gasteiger partial charge in [-0.25, -0.2) is 0 Å². The van der Waals surface area contributed by atoms with E-state index in [-0.39, 0.29) is 11.9 Å². The molecule has 0 radical (unpaired) electrons. The molecule has 18 heavy (non-hydrogen) atoms. The molecule has 4 nitrogen and oxygen atoms in total. The van der Waals surface area contributed by atoms with Crippen LogP contribution in [0.1, 0.15) is 24.1 Å². The highest BCUT2D eigenvalue weighted by molar-refractivity contribution is 5.74. The molecule has 1 amide bonds. The maximum Gasteiger partial charge on any atom is 0.220 e. The normalized spacial score (nSPS) is 19.7. The first-order valence-corrected chi connectivity index (χ1v) is 6.26. The largest absolute Gasteiger partial charge is 0.496 e. The summed E-state index contributed by atoms with van der Waals surface area (Å²) in [5.74, 6) is 0.964. The van der Waals surface area contributed by atoms with Gasteiger partial charge in [0.25, 0.3) is 0 Å².